The van der Waals surface area contributed by atoms with E-state index in [1.54, 1.807) is 0 Å². The summed E-state index contributed by atoms with van der Waals surface area (Å²) in [4.78, 5) is 0. The highest BCUT2D eigenvalue weighted by Crippen LogP contribution is 2.28. The van der Waals surface area contributed by atoms with Gasteiger partial charge in [-0.1, -0.05) is 18.2 Å². The molecule has 2 atom stereocenters. The lowest BCUT2D eigenvalue weighted by Gasteiger charge is -2.22. The van der Waals surface area contributed by atoms with Crippen LogP contribution >= 0.6 is 0 Å². The van der Waals surface area contributed by atoms with Crippen LogP contribution < -0.4 is 5.32 Å². The van der Waals surface area contributed by atoms with Crippen LogP contribution in [-0.2, 0) is 0 Å². The Hall–Kier alpha value is -1.06. The number of hydrogen-bond acceptors (Lipinski definition) is 3. The minimum absolute atomic E-state index is 0.363. The summed E-state index contributed by atoms with van der Waals surface area (Å²) in [6, 6.07) is 7.69. The van der Waals surface area contributed by atoms with Crippen LogP contribution in [0.3, 0.4) is 0 Å². The number of β-amino-alcohol motifs (C(OH)–C–C–N with tert-alkyl or cyclic N) is 1. The summed E-state index contributed by atoms with van der Waals surface area (Å²) in [6.45, 7) is 0.559. The molecule has 2 unspecified atom stereocenters. The molecular weight excluding hydrogens is 178 g/mol. The van der Waals surface area contributed by atoms with E-state index in [9.17, 15) is 10.2 Å². The van der Waals surface area contributed by atoms with Crippen molar-refractivity contribution in [3.63, 3.8) is 0 Å². The molecule has 76 valence electrons. The van der Waals surface area contributed by atoms with Crippen LogP contribution in [0.15, 0.2) is 24.3 Å². The standard InChI is InChI=1S/C11H15NO2/c13-8-5-6-11(14)9-3-1-2-4-10(9)12-7-8/h1-4,8,11-14H,5-7H2. The molecule has 14 heavy (non-hydrogen) atoms. The largest absolute Gasteiger partial charge is 0.391 e. The molecule has 1 aliphatic rings. The van der Waals surface area contributed by atoms with Crippen molar-refractivity contribution in [2.24, 2.45) is 0 Å². The minimum atomic E-state index is -0.464. The number of hydrogen-bond donors (Lipinski definition) is 3. The van der Waals surface area contributed by atoms with Crippen LogP contribution in [0, 0.1) is 0 Å². The van der Waals surface area contributed by atoms with Crippen LogP contribution in [0.1, 0.15) is 24.5 Å². The molecule has 0 aromatic heterocycles. The molecule has 0 amide bonds. The third kappa shape index (κ3) is 1.89. The van der Waals surface area contributed by atoms with Gasteiger partial charge in [0.05, 0.1) is 12.2 Å². The summed E-state index contributed by atoms with van der Waals surface area (Å²) in [5, 5.41) is 22.5. The lowest BCUT2D eigenvalue weighted by molar-refractivity contribution is 0.117. The van der Waals surface area contributed by atoms with Gasteiger partial charge >= 0.3 is 0 Å². The van der Waals surface area contributed by atoms with Crippen LogP contribution in [0.2, 0.25) is 0 Å². The van der Waals surface area contributed by atoms with Crippen molar-refractivity contribution in [3.05, 3.63) is 29.8 Å². The Morgan fingerprint density at radius 3 is 2.79 bits per heavy atom. The van der Waals surface area contributed by atoms with Gasteiger partial charge in [0.2, 0.25) is 0 Å². The zero-order valence-electron chi connectivity index (χ0n) is 7.98. The molecule has 3 nitrogen and oxygen atoms in total. The Bertz CT molecular complexity index is 314. The van der Waals surface area contributed by atoms with Gasteiger partial charge in [-0.25, -0.2) is 0 Å². The number of aliphatic hydroxyl groups excluding tert-OH is 2. The van der Waals surface area contributed by atoms with Crippen molar-refractivity contribution in [2.75, 3.05) is 11.9 Å². The minimum Gasteiger partial charge on any atom is -0.391 e. The van der Waals surface area contributed by atoms with Crippen LogP contribution in [0.5, 0.6) is 0 Å². The smallest absolute Gasteiger partial charge is 0.0811 e. The first kappa shape index (κ1) is 9.49. The fraction of sp³-hybridized carbons (Fsp3) is 0.455. The Morgan fingerprint density at radius 1 is 1.14 bits per heavy atom. The Morgan fingerprint density at radius 2 is 1.93 bits per heavy atom. The van der Waals surface area contributed by atoms with E-state index in [2.05, 4.69) is 5.32 Å². The molecule has 0 bridgehead atoms. The highest BCUT2D eigenvalue weighted by Gasteiger charge is 2.17. The molecule has 0 fully saturated rings. The molecule has 0 aliphatic carbocycles. The Balaban J connectivity index is 2.28. The molecule has 3 N–H and O–H groups in total. The zero-order chi connectivity index (χ0) is 9.97. The molecule has 0 spiro atoms. The average Bonchev–Trinajstić information content (AvgIpc) is 2.21. The number of para-hydroxylation sites is 1. The molecule has 1 aliphatic heterocycles. The maximum absolute atomic E-state index is 9.83. The SMILES string of the molecule is OC1CCC(O)c2ccccc2NC1. The first-order chi connectivity index (χ1) is 6.77. The summed E-state index contributed by atoms with van der Waals surface area (Å²) in [5.74, 6) is 0. The normalized spacial score (nSPS) is 27.0. The van der Waals surface area contributed by atoms with Gasteiger partial charge in [0.1, 0.15) is 0 Å². The van der Waals surface area contributed by atoms with E-state index in [1.165, 1.54) is 0 Å². The Kier molecular flexibility index (Phi) is 2.70. The maximum atomic E-state index is 9.83. The highest BCUT2D eigenvalue weighted by atomic mass is 16.3. The van der Waals surface area contributed by atoms with Crippen LogP contribution in [0.4, 0.5) is 5.69 Å². The van der Waals surface area contributed by atoms with Crippen molar-refractivity contribution in [2.45, 2.75) is 25.0 Å². The molecule has 2 rings (SSSR count). The number of fused-ring (bicyclic) bond motifs is 1. The second kappa shape index (κ2) is 3.98. The molecule has 1 aromatic rings. The van der Waals surface area contributed by atoms with Gasteiger partial charge < -0.3 is 15.5 Å². The lowest BCUT2D eigenvalue weighted by atomic mass is 9.99. The molecule has 1 heterocycles. The first-order valence-electron chi connectivity index (χ1n) is 4.96. The van der Waals surface area contributed by atoms with E-state index in [0.29, 0.717) is 19.4 Å². The van der Waals surface area contributed by atoms with Gasteiger partial charge in [-0.05, 0) is 18.9 Å². The number of nitrogens with one attached hydrogen (secondary N) is 1. The molecular formula is C11H15NO2. The third-order valence-electron chi connectivity index (χ3n) is 2.62. The van der Waals surface area contributed by atoms with Gasteiger partial charge in [0, 0.05) is 17.8 Å². The summed E-state index contributed by atoms with van der Waals surface area (Å²) in [7, 11) is 0. The number of aliphatic hydroxyl groups is 2. The molecule has 0 saturated heterocycles. The van der Waals surface area contributed by atoms with E-state index in [-0.39, 0.29) is 6.10 Å². The predicted octanol–water partition coefficient (Wildman–Crippen LogP) is 1.29. The van der Waals surface area contributed by atoms with E-state index in [1.807, 2.05) is 24.3 Å². The van der Waals surface area contributed by atoms with Crippen molar-refractivity contribution in [1.82, 2.24) is 0 Å². The molecule has 0 radical (unpaired) electrons. The van der Waals surface area contributed by atoms with Gasteiger partial charge in [0.25, 0.3) is 0 Å². The number of benzene rings is 1. The summed E-state index contributed by atoms with van der Waals surface area (Å²) < 4.78 is 0. The van der Waals surface area contributed by atoms with E-state index in [4.69, 9.17) is 0 Å². The van der Waals surface area contributed by atoms with Gasteiger partial charge in [-0.3, -0.25) is 0 Å². The lowest BCUT2D eigenvalue weighted by Crippen LogP contribution is -2.23. The fourth-order valence-corrected chi connectivity index (χ4v) is 1.78. The predicted molar refractivity (Wildman–Crippen MR) is 55.1 cm³/mol. The quantitative estimate of drug-likeness (QED) is 0.582. The van der Waals surface area contributed by atoms with Crippen molar-refractivity contribution in [1.29, 1.82) is 0 Å². The van der Waals surface area contributed by atoms with E-state index >= 15 is 0 Å². The van der Waals surface area contributed by atoms with Crippen molar-refractivity contribution >= 4 is 5.69 Å². The number of rotatable bonds is 0. The van der Waals surface area contributed by atoms with Gasteiger partial charge in [-0.15, -0.1) is 0 Å². The van der Waals surface area contributed by atoms with Crippen LogP contribution in [0.25, 0.3) is 0 Å². The zero-order valence-corrected chi connectivity index (χ0v) is 7.98. The second-order valence-corrected chi connectivity index (χ2v) is 3.72. The van der Waals surface area contributed by atoms with Gasteiger partial charge in [0.15, 0.2) is 0 Å². The van der Waals surface area contributed by atoms with Gasteiger partial charge in [-0.2, -0.15) is 0 Å². The average molecular weight is 193 g/mol. The van der Waals surface area contributed by atoms with Crippen LogP contribution in [-0.4, -0.2) is 22.9 Å². The van der Waals surface area contributed by atoms with Crippen molar-refractivity contribution < 1.29 is 10.2 Å². The summed E-state index contributed by atoms with van der Waals surface area (Å²) in [5.41, 5.74) is 1.86. The topological polar surface area (TPSA) is 52.5 Å². The molecule has 1 aromatic carbocycles. The highest BCUT2D eigenvalue weighted by molar-refractivity contribution is 5.52. The second-order valence-electron chi connectivity index (χ2n) is 3.72. The fourth-order valence-electron chi connectivity index (χ4n) is 1.78. The summed E-state index contributed by atoms with van der Waals surface area (Å²) >= 11 is 0. The van der Waals surface area contributed by atoms with E-state index < -0.39 is 6.10 Å². The third-order valence-corrected chi connectivity index (χ3v) is 2.62. The van der Waals surface area contributed by atoms with E-state index in [0.717, 1.165) is 11.3 Å². The number of anilines is 1. The monoisotopic (exact) mass is 193 g/mol. The molecule has 3 heteroatoms. The first-order valence-corrected chi connectivity index (χ1v) is 4.96. The maximum Gasteiger partial charge on any atom is 0.0811 e. The summed E-state index contributed by atoms with van der Waals surface area (Å²) in [6.07, 6.45) is 0.439. The molecule has 0 saturated carbocycles. The van der Waals surface area contributed by atoms with Crippen molar-refractivity contribution in [3.8, 4) is 0 Å². The Labute approximate surface area is 83.4 Å².